The summed E-state index contributed by atoms with van der Waals surface area (Å²) in [6.07, 6.45) is 3.71. The van der Waals surface area contributed by atoms with Crippen molar-refractivity contribution in [2.24, 2.45) is 0 Å². The van der Waals surface area contributed by atoms with Crippen molar-refractivity contribution in [3.8, 4) is 0 Å². The molecule has 0 saturated carbocycles. The van der Waals surface area contributed by atoms with E-state index >= 15 is 0 Å². The molecule has 2 saturated heterocycles. The van der Waals surface area contributed by atoms with Crippen LogP contribution < -0.4 is 5.32 Å². The van der Waals surface area contributed by atoms with Gasteiger partial charge in [-0.1, -0.05) is 30.3 Å². The maximum absolute atomic E-state index is 5.95. The van der Waals surface area contributed by atoms with Crippen LogP contribution in [-0.4, -0.2) is 30.6 Å². The molecule has 0 spiro atoms. The van der Waals surface area contributed by atoms with E-state index < -0.39 is 5.79 Å². The van der Waals surface area contributed by atoms with Gasteiger partial charge in [-0.3, -0.25) is 0 Å². The van der Waals surface area contributed by atoms with Crippen LogP contribution in [0.3, 0.4) is 0 Å². The van der Waals surface area contributed by atoms with Gasteiger partial charge in [0.2, 0.25) is 0 Å². The smallest absolute Gasteiger partial charge is 0.163 e. The van der Waals surface area contributed by atoms with Crippen LogP contribution in [0.4, 0.5) is 0 Å². The number of ether oxygens (including phenoxy) is 2. The normalized spacial score (nSPS) is 33.7. The lowest BCUT2D eigenvalue weighted by Gasteiger charge is -2.22. The minimum Gasteiger partial charge on any atom is -0.348 e. The van der Waals surface area contributed by atoms with Gasteiger partial charge in [-0.15, -0.1) is 0 Å². The molecule has 19 heavy (non-hydrogen) atoms. The monoisotopic (exact) mass is 261 g/mol. The molecule has 1 aromatic rings. The maximum atomic E-state index is 5.95. The molecule has 3 rings (SSSR count). The third kappa shape index (κ3) is 3.16. The Hall–Kier alpha value is -0.900. The summed E-state index contributed by atoms with van der Waals surface area (Å²) in [5.41, 5.74) is 1.41. The van der Waals surface area contributed by atoms with Crippen LogP contribution >= 0.6 is 0 Å². The molecule has 0 radical (unpaired) electrons. The summed E-state index contributed by atoms with van der Waals surface area (Å²) < 4.78 is 11.6. The zero-order chi connectivity index (χ0) is 13.3. The molecule has 2 aliphatic heterocycles. The molecule has 0 bridgehead atoms. The lowest BCUT2D eigenvalue weighted by atomic mass is 10.0. The van der Waals surface area contributed by atoms with Gasteiger partial charge in [0.15, 0.2) is 5.79 Å². The van der Waals surface area contributed by atoms with Crippen molar-refractivity contribution in [1.82, 2.24) is 5.32 Å². The number of rotatable bonds is 3. The molecule has 104 valence electrons. The Balaban J connectivity index is 1.53. The fourth-order valence-electron chi connectivity index (χ4n) is 3.12. The van der Waals surface area contributed by atoms with Crippen molar-refractivity contribution >= 4 is 0 Å². The number of hydrogen-bond acceptors (Lipinski definition) is 3. The Kier molecular flexibility index (Phi) is 3.61. The molecular formula is C16H23NO2. The first-order valence-electron chi connectivity index (χ1n) is 7.24. The van der Waals surface area contributed by atoms with Gasteiger partial charge < -0.3 is 14.8 Å². The van der Waals surface area contributed by atoms with Gasteiger partial charge in [0.25, 0.3) is 0 Å². The first kappa shape index (κ1) is 13.1. The molecule has 1 aromatic carbocycles. The van der Waals surface area contributed by atoms with Crippen LogP contribution in [0.15, 0.2) is 30.3 Å². The second kappa shape index (κ2) is 5.23. The third-order valence-corrected chi connectivity index (χ3v) is 4.08. The molecule has 0 aliphatic carbocycles. The SMILES string of the molecule is CC1(C)OC[C@H](C2CCC(Cc3ccccc3)N2)O1. The standard InChI is InChI=1S/C16H23NO2/c1-16(2)18-11-15(19-16)14-9-8-13(17-14)10-12-6-4-3-5-7-12/h3-7,13-15,17H,8-11H2,1-2H3/t13?,14?,15-/m1/s1. The Morgan fingerprint density at radius 2 is 2.00 bits per heavy atom. The fraction of sp³-hybridized carbons (Fsp3) is 0.625. The summed E-state index contributed by atoms with van der Waals surface area (Å²) in [6.45, 7) is 4.69. The third-order valence-electron chi connectivity index (χ3n) is 4.08. The first-order valence-corrected chi connectivity index (χ1v) is 7.24. The number of hydrogen-bond donors (Lipinski definition) is 1. The largest absolute Gasteiger partial charge is 0.348 e. The van der Waals surface area contributed by atoms with Crippen LogP contribution in [0.25, 0.3) is 0 Å². The van der Waals surface area contributed by atoms with E-state index in [4.69, 9.17) is 9.47 Å². The zero-order valence-electron chi connectivity index (χ0n) is 11.8. The highest BCUT2D eigenvalue weighted by molar-refractivity contribution is 5.16. The molecule has 2 unspecified atom stereocenters. The molecule has 2 aliphatic rings. The average molecular weight is 261 g/mol. The van der Waals surface area contributed by atoms with Crippen LogP contribution in [-0.2, 0) is 15.9 Å². The summed E-state index contributed by atoms with van der Waals surface area (Å²) >= 11 is 0. The van der Waals surface area contributed by atoms with Crippen molar-refractivity contribution < 1.29 is 9.47 Å². The van der Waals surface area contributed by atoms with Crippen molar-refractivity contribution in [2.75, 3.05) is 6.61 Å². The number of benzene rings is 1. The molecule has 3 heteroatoms. The second-order valence-corrected chi connectivity index (χ2v) is 6.10. The Bertz CT molecular complexity index is 418. The first-order chi connectivity index (χ1) is 9.12. The topological polar surface area (TPSA) is 30.5 Å². The Morgan fingerprint density at radius 1 is 1.21 bits per heavy atom. The average Bonchev–Trinajstić information content (AvgIpc) is 2.97. The van der Waals surface area contributed by atoms with Gasteiger partial charge >= 0.3 is 0 Å². The molecule has 3 nitrogen and oxygen atoms in total. The molecule has 0 amide bonds. The van der Waals surface area contributed by atoms with E-state index in [1.807, 2.05) is 13.8 Å². The highest BCUT2D eigenvalue weighted by atomic mass is 16.7. The van der Waals surface area contributed by atoms with E-state index in [9.17, 15) is 0 Å². The minimum atomic E-state index is -0.413. The fourth-order valence-corrected chi connectivity index (χ4v) is 3.12. The number of nitrogens with one attached hydrogen (secondary N) is 1. The quantitative estimate of drug-likeness (QED) is 0.907. The molecule has 3 atom stereocenters. The van der Waals surface area contributed by atoms with E-state index in [-0.39, 0.29) is 6.10 Å². The second-order valence-electron chi connectivity index (χ2n) is 6.10. The van der Waals surface area contributed by atoms with Gasteiger partial charge in [0.1, 0.15) is 0 Å². The van der Waals surface area contributed by atoms with Gasteiger partial charge in [0.05, 0.1) is 12.7 Å². The molecule has 0 aromatic heterocycles. The summed E-state index contributed by atoms with van der Waals surface area (Å²) in [4.78, 5) is 0. The van der Waals surface area contributed by atoms with Gasteiger partial charge in [-0.05, 0) is 38.7 Å². The molecule has 2 fully saturated rings. The van der Waals surface area contributed by atoms with Gasteiger partial charge in [-0.25, -0.2) is 0 Å². The Labute approximate surface area is 115 Å². The predicted molar refractivity (Wildman–Crippen MR) is 75.0 cm³/mol. The Morgan fingerprint density at radius 3 is 2.68 bits per heavy atom. The summed E-state index contributed by atoms with van der Waals surface area (Å²) in [6, 6.07) is 11.7. The van der Waals surface area contributed by atoms with Crippen molar-refractivity contribution in [2.45, 2.75) is 57.1 Å². The highest BCUT2D eigenvalue weighted by Crippen LogP contribution is 2.29. The van der Waals surface area contributed by atoms with Crippen molar-refractivity contribution in [3.05, 3.63) is 35.9 Å². The predicted octanol–water partition coefficient (Wildman–Crippen LogP) is 2.50. The highest BCUT2D eigenvalue weighted by Gasteiger charge is 2.40. The van der Waals surface area contributed by atoms with E-state index in [2.05, 4.69) is 35.6 Å². The maximum Gasteiger partial charge on any atom is 0.163 e. The van der Waals surface area contributed by atoms with Crippen molar-refractivity contribution in [1.29, 1.82) is 0 Å². The van der Waals surface area contributed by atoms with E-state index in [0.29, 0.717) is 18.7 Å². The lowest BCUT2D eigenvalue weighted by Crippen LogP contribution is -2.41. The van der Waals surface area contributed by atoms with Crippen LogP contribution in [0, 0.1) is 0 Å². The summed E-state index contributed by atoms with van der Waals surface area (Å²) in [5.74, 6) is -0.413. The van der Waals surface area contributed by atoms with Crippen LogP contribution in [0.5, 0.6) is 0 Å². The van der Waals surface area contributed by atoms with Gasteiger partial charge in [0, 0.05) is 12.1 Å². The summed E-state index contributed by atoms with van der Waals surface area (Å²) in [7, 11) is 0. The van der Waals surface area contributed by atoms with Gasteiger partial charge in [-0.2, -0.15) is 0 Å². The van der Waals surface area contributed by atoms with Crippen LogP contribution in [0.1, 0.15) is 32.3 Å². The zero-order valence-corrected chi connectivity index (χ0v) is 11.8. The lowest BCUT2D eigenvalue weighted by molar-refractivity contribution is -0.141. The van der Waals surface area contributed by atoms with E-state index in [1.54, 1.807) is 0 Å². The molecular weight excluding hydrogens is 238 g/mol. The van der Waals surface area contributed by atoms with E-state index in [0.717, 1.165) is 6.42 Å². The minimum absolute atomic E-state index is 0.204. The van der Waals surface area contributed by atoms with Crippen LogP contribution in [0.2, 0.25) is 0 Å². The molecule has 1 N–H and O–H groups in total. The van der Waals surface area contributed by atoms with Crippen molar-refractivity contribution in [3.63, 3.8) is 0 Å². The molecule has 2 heterocycles. The van der Waals surface area contributed by atoms with E-state index in [1.165, 1.54) is 18.4 Å². The summed E-state index contributed by atoms with van der Waals surface area (Å²) in [5, 5.41) is 3.71.